The third-order valence-electron chi connectivity index (χ3n) is 7.21. The van der Waals surface area contributed by atoms with Gasteiger partial charge in [0.25, 0.3) is 5.91 Å². The zero-order valence-corrected chi connectivity index (χ0v) is 26.4. The van der Waals surface area contributed by atoms with E-state index in [1.807, 2.05) is 80.6 Å². The lowest BCUT2D eigenvalue weighted by Gasteiger charge is -2.28. The van der Waals surface area contributed by atoms with E-state index >= 15 is 0 Å². The predicted molar refractivity (Wildman–Crippen MR) is 178 cm³/mol. The normalized spacial score (nSPS) is 14.1. The largest absolute Gasteiger partial charge is 0.489 e. The molecule has 0 aliphatic carbocycles. The van der Waals surface area contributed by atoms with Crippen LogP contribution < -0.4 is 15.4 Å². The van der Waals surface area contributed by atoms with Crippen molar-refractivity contribution in [2.24, 2.45) is 0 Å². The van der Waals surface area contributed by atoms with Crippen LogP contribution in [0.25, 0.3) is 0 Å². The quantitative estimate of drug-likeness (QED) is 0.157. The number of nitrogens with one attached hydrogen (secondary N) is 2. The minimum Gasteiger partial charge on any atom is -0.489 e. The Morgan fingerprint density at radius 1 is 0.955 bits per heavy atom. The number of carbonyl (C=O) groups excluding carboxylic acids is 1. The van der Waals surface area contributed by atoms with Crippen LogP contribution >= 0.6 is 35.0 Å². The third kappa shape index (κ3) is 6.63. The van der Waals surface area contributed by atoms with E-state index in [0.717, 1.165) is 28.1 Å². The summed E-state index contributed by atoms with van der Waals surface area (Å²) in [6, 6.07) is 30.4. The summed E-state index contributed by atoms with van der Waals surface area (Å²) >= 11 is 14.2. The molecule has 1 atom stereocenters. The lowest BCUT2D eigenvalue weighted by atomic mass is 9.95. The molecule has 0 saturated heterocycles. The van der Waals surface area contributed by atoms with Gasteiger partial charge in [-0.15, -0.1) is 5.10 Å². The topological polar surface area (TPSA) is 81.1 Å². The summed E-state index contributed by atoms with van der Waals surface area (Å²) in [5, 5.41) is 13.0. The number of allylic oxidation sites excluding steroid dienone is 1. The Labute approximate surface area is 270 Å². The number of aromatic nitrogens is 3. The van der Waals surface area contributed by atoms with Crippen LogP contribution in [0.3, 0.4) is 0 Å². The van der Waals surface area contributed by atoms with Crippen molar-refractivity contribution < 1.29 is 9.53 Å². The van der Waals surface area contributed by atoms with E-state index in [1.165, 1.54) is 5.56 Å². The molecule has 44 heavy (non-hydrogen) atoms. The van der Waals surface area contributed by atoms with Crippen molar-refractivity contribution in [3.8, 4) is 5.75 Å². The van der Waals surface area contributed by atoms with E-state index in [4.69, 9.17) is 38.0 Å². The number of carbonyl (C=O) groups is 1. The average molecular weight is 643 g/mol. The lowest BCUT2D eigenvalue weighted by Crippen LogP contribution is -2.31. The Morgan fingerprint density at radius 3 is 2.41 bits per heavy atom. The Kier molecular flexibility index (Phi) is 8.93. The van der Waals surface area contributed by atoms with Crippen LogP contribution in [-0.2, 0) is 17.2 Å². The first kappa shape index (κ1) is 29.8. The van der Waals surface area contributed by atoms with Crippen molar-refractivity contribution in [2.75, 3.05) is 10.6 Å². The summed E-state index contributed by atoms with van der Waals surface area (Å²) in [6.07, 6.45) is 0. The second kappa shape index (κ2) is 13.2. The van der Waals surface area contributed by atoms with Gasteiger partial charge in [-0.2, -0.15) is 4.98 Å². The van der Waals surface area contributed by atoms with Crippen LogP contribution in [0.4, 0.5) is 11.6 Å². The SMILES string of the molecule is CC1=C(C(=O)Nc2cccc(C)c2)C(c2ccc(OCc3c(Cl)cccc3Cl)cc2)n2nc(SCc3ccccc3)nc2N1. The number of ether oxygens (including phenoxy) is 1. The minimum atomic E-state index is -0.526. The van der Waals surface area contributed by atoms with E-state index in [0.29, 0.717) is 38.2 Å². The van der Waals surface area contributed by atoms with Crippen molar-refractivity contribution in [3.05, 3.63) is 141 Å². The zero-order chi connectivity index (χ0) is 30.6. The molecule has 0 spiro atoms. The Morgan fingerprint density at radius 2 is 1.68 bits per heavy atom. The van der Waals surface area contributed by atoms with Gasteiger partial charge in [0.15, 0.2) is 0 Å². The highest BCUT2D eigenvalue weighted by Gasteiger charge is 2.34. The summed E-state index contributed by atoms with van der Waals surface area (Å²) in [6.45, 7) is 4.10. The van der Waals surface area contributed by atoms with E-state index in [9.17, 15) is 4.79 Å². The third-order valence-corrected chi connectivity index (χ3v) is 8.82. The number of benzene rings is 4. The molecule has 0 radical (unpaired) electrons. The van der Waals surface area contributed by atoms with E-state index in [2.05, 4.69) is 22.8 Å². The molecular weight excluding hydrogens is 613 g/mol. The molecule has 0 fully saturated rings. The van der Waals surface area contributed by atoms with Gasteiger partial charge in [-0.05, 0) is 66.9 Å². The van der Waals surface area contributed by atoms with E-state index in [-0.39, 0.29) is 12.5 Å². The first-order valence-electron chi connectivity index (χ1n) is 14.0. The summed E-state index contributed by atoms with van der Waals surface area (Å²) in [7, 11) is 0. The zero-order valence-electron chi connectivity index (χ0n) is 24.1. The van der Waals surface area contributed by atoms with Gasteiger partial charge >= 0.3 is 0 Å². The lowest BCUT2D eigenvalue weighted by molar-refractivity contribution is -0.113. The fraction of sp³-hybridized carbons (Fsp3) is 0.147. The van der Waals surface area contributed by atoms with E-state index in [1.54, 1.807) is 34.6 Å². The molecule has 2 N–H and O–H groups in total. The number of aryl methyl sites for hydroxylation is 1. The number of thioether (sulfide) groups is 1. The molecule has 0 bridgehead atoms. The first-order valence-corrected chi connectivity index (χ1v) is 15.7. The number of amides is 1. The summed E-state index contributed by atoms with van der Waals surface area (Å²) in [5.41, 5.74) is 5.77. The molecular formula is C34H29Cl2N5O2S. The summed E-state index contributed by atoms with van der Waals surface area (Å²) in [5.74, 6) is 1.72. The van der Waals surface area contributed by atoms with Gasteiger partial charge in [-0.1, -0.05) is 95.6 Å². The highest BCUT2D eigenvalue weighted by atomic mass is 35.5. The number of halogens is 2. The smallest absolute Gasteiger partial charge is 0.255 e. The van der Waals surface area contributed by atoms with Gasteiger partial charge < -0.3 is 15.4 Å². The van der Waals surface area contributed by atoms with Crippen LogP contribution in [0.5, 0.6) is 5.75 Å². The number of anilines is 2. The standard InChI is InChI=1S/C34H29Cl2N5O2S/c1-21-8-6-11-25(18-21)38-32(42)30-22(2)37-33-39-34(44-20-23-9-4-3-5-10-23)40-41(33)31(30)24-14-16-26(17-15-24)43-19-27-28(35)12-7-13-29(27)36/h3-18,31H,19-20H2,1-2H3,(H,38,42)(H,37,39,40). The number of rotatable bonds is 9. The van der Waals surface area contributed by atoms with Gasteiger partial charge in [0.1, 0.15) is 18.4 Å². The fourth-order valence-corrected chi connectivity index (χ4v) is 6.30. The molecule has 10 heteroatoms. The predicted octanol–water partition coefficient (Wildman–Crippen LogP) is 8.69. The number of fused-ring (bicyclic) bond motifs is 1. The van der Waals surface area contributed by atoms with Gasteiger partial charge in [-0.25, -0.2) is 4.68 Å². The molecule has 1 aliphatic rings. The number of hydrogen-bond donors (Lipinski definition) is 2. The molecule has 1 amide bonds. The van der Waals surface area contributed by atoms with Crippen LogP contribution in [0.1, 0.15) is 35.2 Å². The van der Waals surface area contributed by atoms with Crippen LogP contribution in [-0.4, -0.2) is 20.7 Å². The van der Waals surface area contributed by atoms with Crippen molar-refractivity contribution in [3.63, 3.8) is 0 Å². The molecule has 6 rings (SSSR count). The second-order valence-electron chi connectivity index (χ2n) is 10.4. The van der Waals surface area contributed by atoms with Gasteiger partial charge in [0.05, 0.1) is 5.57 Å². The molecule has 222 valence electrons. The fourth-order valence-electron chi connectivity index (χ4n) is 5.01. The number of nitrogens with zero attached hydrogens (tertiary/aromatic N) is 3. The van der Waals surface area contributed by atoms with Crippen molar-refractivity contribution in [1.29, 1.82) is 0 Å². The second-order valence-corrected chi connectivity index (χ2v) is 12.1. The average Bonchev–Trinajstić information content (AvgIpc) is 3.42. The first-order chi connectivity index (χ1) is 21.4. The van der Waals surface area contributed by atoms with Crippen LogP contribution in [0.15, 0.2) is 113 Å². The molecule has 2 heterocycles. The molecule has 0 saturated carbocycles. The van der Waals surface area contributed by atoms with Crippen molar-refractivity contribution >= 4 is 52.5 Å². The molecule has 1 aliphatic heterocycles. The van der Waals surface area contributed by atoms with E-state index < -0.39 is 6.04 Å². The minimum absolute atomic E-state index is 0.223. The molecule has 5 aromatic rings. The maximum Gasteiger partial charge on any atom is 0.255 e. The highest BCUT2D eigenvalue weighted by molar-refractivity contribution is 7.98. The van der Waals surface area contributed by atoms with Crippen molar-refractivity contribution in [2.45, 2.75) is 37.4 Å². The maximum absolute atomic E-state index is 13.9. The van der Waals surface area contributed by atoms with Crippen molar-refractivity contribution in [1.82, 2.24) is 14.8 Å². The van der Waals surface area contributed by atoms with Gasteiger partial charge in [0, 0.05) is 32.7 Å². The van der Waals surface area contributed by atoms with Gasteiger partial charge in [-0.3, -0.25) is 4.79 Å². The number of hydrogen-bond acceptors (Lipinski definition) is 6. The summed E-state index contributed by atoms with van der Waals surface area (Å²) < 4.78 is 7.80. The molecule has 4 aromatic carbocycles. The highest BCUT2D eigenvalue weighted by Crippen LogP contribution is 2.38. The Balaban J connectivity index is 1.30. The van der Waals surface area contributed by atoms with Crippen LogP contribution in [0, 0.1) is 6.92 Å². The Hall–Kier alpha value is -4.24. The molecule has 7 nitrogen and oxygen atoms in total. The monoisotopic (exact) mass is 641 g/mol. The molecule has 1 aromatic heterocycles. The Bertz CT molecular complexity index is 1820. The van der Waals surface area contributed by atoms with Gasteiger partial charge in [0.2, 0.25) is 11.1 Å². The van der Waals surface area contributed by atoms with Crippen LogP contribution in [0.2, 0.25) is 10.0 Å². The summed E-state index contributed by atoms with van der Waals surface area (Å²) in [4.78, 5) is 18.6. The maximum atomic E-state index is 13.9. The molecule has 1 unspecified atom stereocenters.